The van der Waals surface area contributed by atoms with Gasteiger partial charge in [-0.05, 0) is 36.7 Å². The number of halogens is 2. The van der Waals surface area contributed by atoms with Crippen molar-refractivity contribution in [3.63, 3.8) is 0 Å². The third kappa shape index (κ3) is 3.74. The molecule has 0 aliphatic rings. The molecule has 0 aromatic heterocycles. The van der Waals surface area contributed by atoms with Crippen LogP contribution in [0.3, 0.4) is 0 Å². The van der Waals surface area contributed by atoms with Gasteiger partial charge >= 0.3 is 0 Å². The van der Waals surface area contributed by atoms with E-state index in [1.54, 1.807) is 25.3 Å². The van der Waals surface area contributed by atoms with E-state index in [-0.39, 0.29) is 11.9 Å². The highest BCUT2D eigenvalue weighted by Crippen LogP contribution is 2.31. The molecule has 21 heavy (non-hydrogen) atoms. The smallest absolute Gasteiger partial charge is 0.137 e. The largest absolute Gasteiger partial charge is 0.495 e. The highest BCUT2D eigenvalue weighted by Gasteiger charge is 2.18. The minimum absolute atomic E-state index is 0.224. The van der Waals surface area contributed by atoms with E-state index in [4.69, 9.17) is 16.3 Å². The third-order valence-corrected chi connectivity index (χ3v) is 3.62. The Bertz CT molecular complexity index is 603. The Kier molecular flexibility index (Phi) is 5.59. The molecule has 0 aliphatic carbocycles. The molecule has 0 saturated heterocycles. The van der Waals surface area contributed by atoms with Crippen molar-refractivity contribution in [3.8, 4) is 5.75 Å². The van der Waals surface area contributed by atoms with Crippen LogP contribution in [0.2, 0.25) is 5.02 Å². The van der Waals surface area contributed by atoms with Crippen LogP contribution in [0, 0.1) is 5.82 Å². The van der Waals surface area contributed by atoms with Crippen LogP contribution in [-0.4, -0.2) is 13.7 Å². The van der Waals surface area contributed by atoms with E-state index >= 15 is 0 Å². The van der Waals surface area contributed by atoms with Crippen LogP contribution in [0.15, 0.2) is 42.5 Å². The highest BCUT2D eigenvalue weighted by atomic mass is 35.5. The van der Waals surface area contributed by atoms with Crippen molar-refractivity contribution < 1.29 is 9.13 Å². The zero-order chi connectivity index (χ0) is 15.2. The Morgan fingerprint density at radius 3 is 2.62 bits per heavy atom. The predicted molar refractivity (Wildman–Crippen MR) is 84.5 cm³/mol. The van der Waals surface area contributed by atoms with Gasteiger partial charge in [0.15, 0.2) is 0 Å². The molecule has 2 nitrogen and oxygen atoms in total. The Morgan fingerprint density at radius 1 is 1.24 bits per heavy atom. The first kappa shape index (κ1) is 15.8. The van der Waals surface area contributed by atoms with Gasteiger partial charge in [-0.1, -0.05) is 42.8 Å². The Labute approximate surface area is 129 Å². The fourth-order valence-electron chi connectivity index (χ4n) is 2.27. The molecular formula is C17H19ClFNO. The van der Waals surface area contributed by atoms with Gasteiger partial charge in [-0.2, -0.15) is 0 Å². The molecule has 0 amide bonds. The summed E-state index contributed by atoms with van der Waals surface area (Å²) < 4.78 is 19.3. The first-order valence-corrected chi connectivity index (χ1v) is 7.36. The van der Waals surface area contributed by atoms with Crippen LogP contribution in [-0.2, 0) is 0 Å². The zero-order valence-electron chi connectivity index (χ0n) is 12.2. The summed E-state index contributed by atoms with van der Waals surface area (Å²) in [4.78, 5) is 0. The predicted octanol–water partition coefficient (Wildman–Crippen LogP) is 4.58. The quantitative estimate of drug-likeness (QED) is 0.843. The lowest BCUT2D eigenvalue weighted by Gasteiger charge is -2.21. The van der Waals surface area contributed by atoms with Crippen LogP contribution in [0.5, 0.6) is 5.75 Å². The van der Waals surface area contributed by atoms with Gasteiger partial charge in [0, 0.05) is 5.56 Å². The third-order valence-electron chi connectivity index (χ3n) is 3.32. The van der Waals surface area contributed by atoms with Gasteiger partial charge in [0.05, 0.1) is 18.2 Å². The number of nitrogens with one attached hydrogen (secondary N) is 1. The Morgan fingerprint density at radius 2 is 2.00 bits per heavy atom. The number of methoxy groups -OCH3 is 1. The van der Waals surface area contributed by atoms with Crippen LogP contribution >= 0.6 is 11.6 Å². The van der Waals surface area contributed by atoms with E-state index in [2.05, 4.69) is 12.2 Å². The van der Waals surface area contributed by atoms with Crippen LogP contribution in [0.4, 0.5) is 4.39 Å². The molecule has 0 spiro atoms. The summed E-state index contributed by atoms with van der Waals surface area (Å²) in [5.74, 6) is 0.390. The molecular weight excluding hydrogens is 289 g/mol. The van der Waals surface area contributed by atoms with Gasteiger partial charge < -0.3 is 10.1 Å². The number of rotatable bonds is 6. The van der Waals surface area contributed by atoms with Gasteiger partial charge in [-0.25, -0.2) is 4.39 Å². The fourth-order valence-corrected chi connectivity index (χ4v) is 2.53. The van der Waals surface area contributed by atoms with Crippen LogP contribution < -0.4 is 10.1 Å². The molecule has 0 fully saturated rings. The molecule has 0 bridgehead atoms. The van der Waals surface area contributed by atoms with E-state index in [9.17, 15) is 4.39 Å². The topological polar surface area (TPSA) is 21.3 Å². The molecule has 112 valence electrons. The summed E-state index contributed by atoms with van der Waals surface area (Å²) in [6.07, 6.45) is 0.967. The minimum atomic E-state index is -0.227. The van der Waals surface area contributed by atoms with Gasteiger partial charge in [0.2, 0.25) is 0 Å². The number of ether oxygens (including phenoxy) is 1. The van der Waals surface area contributed by atoms with Gasteiger partial charge in [-0.3, -0.25) is 0 Å². The second kappa shape index (κ2) is 7.43. The van der Waals surface area contributed by atoms with Gasteiger partial charge in [-0.15, -0.1) is 0 Å². The molecule has 0 saturated carbocycles. The van der Waals surface area contributed by atoms with Crippen molar-refractivity contribution in [1.82, 2.24) is 5.32 Å². The summed E-state index contributed by atoms with van der Waals surface area (Å²) in [6, 6.07) is 12.1. The normalized spacial score (nSPS) is 12.2. The highest BCUT2D eigenvalue weighted by molar-refractivity contribution is 6.32. The molecule has 0 aliphatic heterocycles. The van der Waals surface area contributed by atoms with Crippen molar-refractivity contribution in [2.24, 2.45) is 0 Å². The number of hydrogen-bond donors (Lipinski definition) is 1. The molecule has 2 rings (SSSR count). The summed E-state index contributed by atoms with van der Waals surface area (Å²) in [5, 5.41) is 3.89. The average Bonchev–Trinajstić information content (AvgIpc) is 2.49. The molecule has 1 atom stereocenters. The fraction of sp³-hybridized carbons (Fsp3) is 0.294. The van der Waals surface area contributed by atoms with E-state index in [0.29, 0.717) is 16.3 Å². The van der Waals surface area contributed by atoms with Crippen LogP contribution in [0.1, 0.15) is 30.5 Å². The number of hydrogen-bond acceptors (Lipinski definition) is 2. The van der Waals surface area contributed by atoms with Gasteiger partial charge in [0.1, 0.15) is 11.6 Å². The average molecular weight is 308 g/mol. The summed E-state index contributed by atoms with van der Waals surface area (Å²) in [6.45, 7) is 2.87. The van der Waals surface area contributed by atoms with E-state index < -0.39 is 0 Å². The zero-order valence-corrected chi connectivity index (χ0v) is 13.0. The molecule has 4 heteroatoms. The molecule has 1 N–H and O–H groups in total. The summed E-state index contributed by atoms with van der Waals surface area (Å²) >= 11 is 6.19. The van der Waals surface area contributed by atoms with Crippen molar-refractivity contribution in [3.05, 3.63) is 64.4 Å². The lowest BCUT2D eigenvalue weighted by Crippen LogP contribution is -2.24. The molecule has 0 heterocycles. The number of benzene rings is 2. The maximum atomic E-state index is 14.1. The molecule has 2 aromatic rings. The lowest BCUT2D eigenvalue weighted by atomic mass is 9.98. The van der Waals surface area contributed by atoms with E-state index in [1.807, 2.05) is 18.2 Å². The maximum Gasteiger partial charge on any atom is 0.137 e. The van der Waals surface area contributed by atoms with Crippen molar-refractivity contribution in [2.75, 3.05) is 13.7 Å². The standard InChI is InChI=1S/C17H19ClFNO/c1-3-10-20-17(13-6-4-5-7-15(13)19)12-8-9-16(21-2)14(18)11-12/h4-9,11,17,20H,3,10H2,1-2H3. The summed E-state index contributed by atoms with van der Waals surface area (Å²) in [7, 11) is 1.57. The van der Waals surface area contributed by atoms with Crippen LogP contribution in [0.25, 0.3) is 0 Å². The Balaban J connectivity index is 2.40. The Hall–Kier alpha value is -1.58. The van der Waals surface area contributed by atoms with E-state index in [1.165, 1.54) is 6.07 Å². The first-order valence-electron chi connectivity index (χ1n) is 6.98. The van der Waals surface area contributed by atoms with Crippen molar-refractivity contribution >= 4 is 11.6 Å². The molecule has 2 aromatic carbocycles. The summed E-state index contributed by atoms with van der Waals surface area (Å²) in [5.41, 5.74) is 1.53. The first-order chi connectivity index (χ1) is 10.2. The van der Waals surface area contributed by atoms with Crippen molar-refractivity contribution in [1.29, 1.82) is 0 Å². The second-order valence-electron chi connectivity index (χ2n) is 4.80. The monoisotopic (exact) mass is 307 g/mol. The SMILES string of the molecule is CCCNC(c1ccc(OC)c(Cl)c1)c1ccccc1F. The van der Waals surface area contributed by atoms with Gasteiger partial charge in [0.25, 0.3) is 0 Å². The molecule has 0 radical (unpaired) electrons. The van der Waals surface area contributed by atoms with E-state index in [0.717, 1.165) is 18.5 Å². The second-order valence-corrected chi connectivity index (χ2v) is 5.21. The molecule has 1 unspecified atom stereocenters. The minimum Gasteiger partial charge on any atom is -0.495 e. The maximum absolute atomic E-state index is 14.1. The lowest BCUT2D eigenvalue weighted by molar-refractivity contribution is 0.414. The van der Waals surface area contributed by atoms with Crippen molar-refractivity contribution in [2.45, 2.75) is 19.4 Å².